The predicted molar refractivity (Wildman–Crippen MR) is 206 cm³/mol. The van der Waals surface area contributed by atoms with E-state index < -0.39 is 17.7 Å². The molecule has 2 aliphatic carbocycles. The second kappa shape index (κ2) is 18.6. The van der Waals surface area contributed by atoms with Gasteiger partial charge in [0.1, 0.15) is 5.92 Å². The van der Waals surface area contributed by atoms with Gasteiger partial charge in [0.15, 0.2) is 34.2 Å². The lowest BCUT2D eigenvalue weighted by Gasteiger charge is -2.16. The van der Waals surface area contributed by atoms with Gasteiger partial charge < -0.3 is 39.6 Å². The van der Waals surface area contributed by atoms with E-state index in [-0.39, 0.29) is 94.9 Å². The van der Waals surface area contributed by atoms with Gasteiger partial charge in [0.25, 0.3) is 0 Å². The summed E-state index contributed by atoms with van der Waals surface area (Å²) in [7, 11) is 0. The Morgan fingerprint density at radius 2 is 1.12 bits per heavy atom. The Bertz CT molecular complexity index is 2110. The molecule has 2 aliphatic rings. The zero-order valence-corrected chi connectivity index (χ0v) is 30.7. The van der Waals surface area contributed by atoms with Gasteiger partial charge in [-0.25, -0.2) is 0 Å². The Kier molecular flexibility index (Phi) is 13.0. The van der Waals surface area contributed by atoms with Crippen LogP contribution in [0.15, 0.2) is 57.8 Å². The molecule has 4 amide bonds. The molecule has 290 valence electrons. The van der Waals surface area contributed by atoms with E-state index in [1.165, 1.54) is 0 Å². The monoisotopic (exact) mass is 762 g/mol. The number of carbonyl (C=O) groups is 6. The number of allylic oxidation sites excluding steroid dienone is 2. The van der Waals surface area contributed by atoms with Gasteiger partial charge in [-0.2, -0.15) is 0 Å². The van der Waals surface area contributed by atoms with Crippen molar-refractivity contribution in [2.24, 2.45) is 5.92 Å². The number of amides is 4. The molecule has 0 radical (unpaired) electrons. The van der Waals surface area contributed by atoms with E-state index in [0.717, 1.165) is 33.0 Å². The van der Waals surface area contributed by atoms with E-state index in [1.54, 1.807) is 36.8 Å². The minimum Gasteiger partial charge on any atom is -0.489 e. The van der Waals surface area contributed by atoms with Gasteiger partial charge >= 0.3 is 0 Å². The topological polar surface area (TPSA) is 195 Å². The zero-order chi connectivity index (χ0) is 39.4. The van der Waals surface area contributed by atoms with Gasteiger partial charge in [-0.05, 0) is 60.4 Å². The largest absolute Gasteiger partial charge is 0.489 e. The Morgan fingerprint density at radius 3 is 1.57 bits per heavy atom. The number of terminal acetylenes is 1. The van der Waals surface area contributed by atoms with Crippen LogP contribution in [0.25, 0.3) is 34.1 Å². The number of hydrogen-bond acceptors (Lipinski definition) is 10. The summed E-state index contributed by atoms with van der Waals surface area (Å²) in [5.74, 6) is 0.512. The van der Waals surface area contributed by atoms with Crippen molar-refractivity contribution in [3.05, 3.63) is 71.2 Å². The summed E-state index contributed by atoms with van der Waals surface area (Å²) in [6.45, 7) is 0.891. The first kappa shape index (κ1) is 39.1. The number of hydrogen-bond donors (Lipinski definition) is 4. The van der Waals surface area contributed by atoms with E-state index in [2.05, 4.69) is 27.2 Å². The molecule has 0 spiro atoms. The van der Waals surface area contributed by atoms with Crippen LogP contribution >= 0.6 is 0 Å². The first-order valence-corrected chi connectivity index (χ1v) is 18.5. The molecule has 0 aliphatic heterocycles. The number of furan rings is 2. The third kappa shape index (κ3) is 9.72. The number of nitrogens with one attached hydrogen (secondary N) is 4. The maximum absolute atomic E-state index is 12.8. The Hall–Kier alpha value is -6.62. The summed E-state index contributed by atoms with van der Waals surface area (Å²) in [5.41, 5.74) is 4.43. The first-order chi connectivity index (χ1) is 27.2. The third-order valence-electron chi connectivity index (χ3n) is 9.31. The minimum atomic E-state index is -1.15. The van der Waals surface area contributed by atoms with Gasteiger partial charge in [0, 0.05) is 80.2 Å². The van der Waals surface area contributed by atoms with Crippen molar-refractivity contribution in [2.45, 2.75) is 44.9 Å². The van der Waals surface area contributed by atoms with Gasteiger partial charge in [-0.3, -0.25) is 28.8 Å². The van der Waals surface area contributed by atoms with Crippen molar-refractivity contribution < 1.29 is 47.1 Å². The highest BCUT2D eigenvalue weighted by Crippen LogP contribution is 2.38. The zero-order valence-electron chi connectivity index (χ0n) is 30.7. The van der Waals surface area contributed by atoms with E-state index >= 15 is 0 Å². The Labute approximate surface area is 322 Å². The maximum Gasteiger partial charge on any atom is 0.233 e. The third-order valence-corrected chi connectivity index (χ3v) is 9.31. The van der Waals surface area contributed by atoms with Crippen molar-refractivity contribution in [2.75, 3.05) is 39.4 Å². The molecule has 0 atom stereocenters. The molecule has 2 aromatic carbocycles. The molecule has 4 aromatic rings. The highest BCUT2D eigenvalue weighted by atomic mass is 16.5. The summed E-state index contributed by atoms with van der Waals surface area (Å²) in [4.78, 5) is 74.4. The van der Waals surface area contributed by atoms with Crippen LogP contribution in [0.2, 0.25) is 0 Å². The number of ketones is 2. The maximum atomic E-state index is 12.8. The molecule has 56 heavy (non-hydrogen) atoms. The Balaban J connectivity index is 0.837. The van der Waals surface area contributed by atoms with E-state index in [4.69, 9.17) is 24.7 Å². The highest BCUT2D eigenvalue weighted by molar-refractivity contribution is 6.03. The van der Waals surface area contributed by atoms with Gasteiger partial charge in [0.2, 0.25) is 23.6 Å². The van der Waals surface area contributed by atoms with E-state index in [9.17, 15) is 28.8 Å². The SMILES string of the molecule is C#CCC(C(=O)NCCNC(=O)CCCOc1c2c(cc3ccoc13)C=CC(=O)C2)C(=O)NCCNC(=O)CCCOc1c2c(cc3ccoc13)C=CC(=O)C2. The van der Waals surface area contributed by atoms with Gasteiger partial charge in [-0.15, -0.1) is 12.3 Å². The average Bonchev–Trinajstić information content (AvgIpc) is 3.86. The van der Waals surface area contributed by atoms with Crippen LogP contribution in [0.1, 0.15) is 54.4 Å². The molecule has 0 saturated heterocycles. The number of fused-ring (bicyclic) bond motifs is 4. The second-order valence-electron chi connectivity index (χ2n) is 13.3. The van der Waals surface area contributed by atoms with Crippen molar-refractivity contribution in [1.29, 1.82) is 0 Å². The molecule has 4 N–H and O–H groups in total. The lowest BCUT2D eigenvalue weighted by Crippen LogP contribution is -2.45. The predicted octanol–water partition coefficient (Wildman–Crippen LogP) is 3.58. The van der Waals surface area contributed by atoms with Crippen LogP contribution in [0.5, 0.6) is 11.5 Å². The molecule has 2 aromatic heterocycles. The van der Waals surface area contributed by atoms with E-state index in [0.29, 0.717) is 35.5 Å². The molecule has 0 fully saturated rings. The number of carbonyl (C=O) groups excluding carboxylic acids is 6. The van der Waals surface area contributed by atoms with Crippen LogP contribution in [0.3, 0.4) is 0 Å². The fourth-order valence-electron chi connectivity index (χ4n) is 6.51. The highest BCUT2D eigenvalue weighted by Gasteiger charge is 2.26. The minimum absolute atomic E-state index is 0.0271. The normalized spacial score (nSPS) is 12.9. The van der Waals surface area contributed by atoms with Crippen LogP contribution in [0, 0.1) is 18.3 Å². The number of benzene rings is 2. The molecule has 14 nitrogen and oxygen atoms in total. The quantitative estimate of drug-likeness (QED) is 0.0623. The molecule has 0 unspecified atom stereocenters. The van der Waals surface area contributed by atoms with Crippen LogP contribution in [0.4, 0.5) is 0 Å². The van der Waals surface area contributed by atoms with Crippen LogP contribution in [-0.2, 0) is 41.6 Å². The van der Waals surface area contributed by atoms with E-state index in [1.807, 2.05) is 24.3 Å². The first-order valence-electron chi connectivity index (χ1n) is 18.5. The van der Waals surface area contributed by atoms with Crippen molar-refractivity contribution in [3.8, 4) is 23.8 Å². The average molecular weight is 763 g/mol. The number of rotatable bonds is 19. The Morgan fingerprint density at radius 1 is 0.679 bits per heavy atom. The molecular formula is C42H42N4O10. The van der Waals surface area contributed by atoms with Crippen molar-refractivity contribution >= 4 is 69.3 Å². The fraction of sp³-hybridized carbons (Fsp3) is 0.333. The van der Waals surface area contributed by atoms with Crippen LogP contribution < -0.4 is 30.7 Å². The molecule has 0 saturated carbocycles. The molecule has 6 rings (SSSR count). The summed E-state index contributed by atoms with van der Waals surface area (Å²) in [6, 6.07) is 7.54. The lowest BCUT2D eigenvalue weighted by molar-refractivity contribution is -0.135. The molecular weight excluding hydrogens is 720 g/mol. The summed E-state index contributed by atoms with van der Waals surface area (Å²) >= 11 is 0. The fourth-order valence-corrected chi connectivity index (χ4v) is 6.51. The van der Waals surface area contributed by atoms with Gasteiger partial charge in [0.05, 0.1) is 25.7 Å². The molecule has 2 heterocycles. The second-order valence-corrected chi connectivity index (χ2v) is 13.3. The smallest absolute Gasteiger partial charge is 0.233 e. The van der Waals surface area contributed by atoms with Crippen molar-refractivity contribution in [3.63, 3.8) is 0 Å². The summed E-state index contributed by atoms with van der Waals surface area (Å²) in [6.07, 6.45) is 16.6. The van der Waals surface area contributed by atoms with Crippen molar-refractivity contribution in [1.82, 2.24) is 21.3 Å². The number of ether oxygens (including phenoxy) is 2. The van der Waals surface area contributed by atoms with Crippen LogP contribution in [-0.4, -0.2) is 74.6 Å². The molecule has 14 heteroatoms. The van der Waals surface area contributed by atoms with Gasteiger partial charge in [-0.1, -0.05) is 12.2 Å². The summed E-state index contributed by atoms with van der Waals surface area (Å²) < 4.78 is 23.2. The summed E-state index contributed by atoms with van der Waals surface area (Å²) in [5, 5.41) is 12.4. The standard InChI is InChI=1S/C42H42N4O10/c1-2-5-32(41(51)45-16-14-43-35(49)6-3-18-53-39-33-24-30(47)10-8-26(33)22-28-12-20-55-37(28)39)42(52)46-17-15-44-36(50)7-4-19-54-40-34-25-31(48)11-9-27(34)23-29-13-21-56-38(29)40/h1,8-13,20-23,32H,3-7,14-19,24-25H2,(H,43,49)(H,44,50)(H,45,51)(H,46,52). The lowest BCUT2D eigenvalue weighted by atomic mass is 9.94. The molecule has 0 bridgehead atoms.